The fourth-order valence-electron chi connectivity index (χ4n) is 3.06. The molecule has 1 nitrogen and oxygen atoms in total. The lowest BCUT2D eigenvalue weighted by molar-refractivity contribution is 0.270. The molecule has 0 radical (unpaired) electrons. The quantitative estimate of drug-likeness (QED) is 0.673. The molecule has 0 unspecified atom stereocenters. The van der Waals surface area contributed by atoms with E-state index in [0.717, 1.165) is 0 Å². The molecule has 1 aliphatic rings. The van der Waals surface area contributed by atoms with E-state index in [-0.39, 0.29) is 0 Å². The van der Waals surface area contributed by atoms with Crippen molar-refractivity contribution in [3.8, 4) is 0 Å². The molecule has 3 rings (SSSR count). The standard InChI is InChI=1S/C18H19Br2N/c1-12(17-7-2-3-8-18(17)20)21-16-10-14(11-16)13-5-4-6-15(19)9-13/h2-9,12,14,16,21H,10-11H2,1H3/t12-,14?,16?/m0/s1. The van der Waals surface area contributed by atoms with Crippen LogP contribution in [0.25, 0.3) is 0 Å². The Morgan fingerprint density at radius 2 is 1.81 bits per heavy atom. The first-order valence-electron chi connectivity index (χ1n) is 7.39. The van der Waals surface area contributed by atoms with Crippen LogP contribution in [0.5, 0.6) is 0 Å². The van der Waals surface area contributed by atoms with Crippen LogP contribution in [0.4, 0.5) is 0 Å². The van der Waals surface area contributed by atoms with Gasteiger partial charge in [-0.2, -0.15) is 0 Å². The first kappa shape index (κ1) is 15.3. The van der Waals surface area contributed by atoms with E-state index in [2.05, 4.69) is 92.6 Å². The van der Waals surface area contributed by atoms with E-state index >= 15 is 0 Å². The minimum atomic E-state index is 0.383. The summed E-state index contributed by atoms with van der Waals surface area (Å²) in [6.45, 7) is 2.24. The number of hydrogen-bond donors (Lipinski definition) is 1. The Hall–Kier alpha value is -0.640. The summed E-state index contributed by atoms with van der Waals surface area (Å²) in [5.74, 6) is 0.700. The van der Waals surface area contributed by atoms with E-state index in [9.17, 15) is 0 Å². The molecular weight excluding hydrogens is 390 g/mol. The van der Waals surface area contributed by atoms with Crippen molar-refractivity contribution in [1.29, 1.82) is 0 Å². The molecule has 1 N–H and O–H groups in total. The molecule has 1 atom stereocenters. The Labute approximate surface area is 143 Å². The molecule has 0 aliphatic heterocycles. The maximum atomic E-state index is 3.75. The topological polar surface area (TPSA) is 12.0 Å². The average Bonchev–Trinajstić information content (AvgIpc) is 2.42. The molecule has 1 saturated carbocycles. The van der Waals surface area contributed by atoms with Gasteiger partial charge in [0.1, 0.15) is 0 Å². The summed E-state index contributed by atoms with van der Waals surface area (Å²) < 4.78 is 2.37. The Morgan fingerprint density at radius 1 is 1.05 bits per heavy atom. The van der Waals surface area contributed by atoms with Crippen molar-refractivity contribution in [1.82, 2.24) is 5.32 Å². The zero-order chi connectivity index (χ0) is 14.8. The Bertz CT molecular complexity index is 620. The second-order valence-corrected chi connectivity index (χ2v) is 7.60. The van der Waals surface area contributed by atoms with Gasteiger partial charge in [0.15, 0.2) is 0 Å². The smallest absolute Gasteiger partial charge is 0.0305 e. The lowest BCUT2D eigenvalue weighted by atomic mass is 9.75. The van der Waals surface area contributed by atoms with Crippen LogP contribution in [-0.4, -0.2) is 6.04 Å². The number of nitrogens with one attached hydrogen (secondary N) is 1. The van der Waals surface area contributed by atoms with Crippen LogP contribution < -0.4 is 5.32 Å². The van der Waals surface area contributed by atoms with Crippen LogP contribution in [0.2, 0.25) is 0 Å². The Kier molecular flexibility index (Phi) is 4.82. The SMILES string of the molecule is C[C@H](NC1CC(c2cccc(Br)c2)C1)c1ccccc1Br. The van der Waals surface area contributed by atoms with Gasteiger partial charge < -0.3 is 5.32 Å². The zero-order valence-electron chi connectivity index (χ0n) is 12.0. The fourth-order valence-corrected chi connectivity index (χ4v) is 4.10. The van der Waals surface area contributed by atoms with Crippen molar-refractivity contribution in [2.75, 3.05) is 0 Å². The van der Waals surface area contributed by atoms with Gasteiger partial charge in [-0.25, -0.2) is 0 Å². The third-order valence-electron chi connectivity index (χ3n) is 4.32. The second-order valence-electron chi connectivity index (χ2n) is 5.83. The van der Waals surface area contributed by atoms with Crippen LogP contribution in [0, 0.1) is 0 Å². The molecule has 0 saturated heterocycles. The highest BCUT2D eigenvalue weighted by Gasteiger charge is 2.31. The van der Waals surface area contributed by atoms with Crippen molar-refractivity contribution in [3.63, 3.8) is 0 Å². The summed E-state index contributed by atoms with van der Waals surface area (Å²) in [7, 11) is 0. The van der Waals surface area contributed by atoms with Crippen LogP contribution >= 0.6 is 31.9 Å². The Morgan fingerprint density at radius 3 is 2.52 bits per heavy atom. The van der Waals surface area contributed by atoms with Gasteiger partial charge in [-0.15, -0.1) is 0 Å². The number of hydrogen-bond acceptors (Lipinski definition) is 1. The van der Waals surface area contributed by atoms with Crippen LogP contribution in [0.1, 0.15) is 42.9 Å². The predicted molar refractivity (Wildman–Crippen MR) is 95.6 cm³/mol. The molecule has 110 valence electrons. The van der Waals surface area contributed by atoms with Crippen molar-refractivity contribution < 1.29 is 0 Å². The molecule has 2 aromatic carbocycles. The minimum absolute atomic E-state index is 0.383. The molecule has 0 heterocycles. The predicted octanol–water partition coefficient (Wildman–Crippen LogP) is 5.81. The van der Waals surface area contributed by atoms with Gasteiger partial charge in [0, 0.05) is 21.0 Å². The van der Waals surface area contributed by atoms with Gasteiger partial charge in [0.2, 0.25) is 0 Å². The second kappa shape index (κ2) is 6.64. The maximum Gasteiger partial charge on any atom is 0.0305 e. The molecule has 1 fully saturated rings. The maximum absolute atomic E-state index is 3.75. The van der Waals surface area contributed by atoms with E-state index in [1.54, 1.807) is 0 Å². The number of benzene rings is 2. The van der Waals surface area contributed by atoms with E-state index < -0.39 is 0 Å². The third-order valence-corrected chi connectivity index (χ3v) is 5.53. The number of halogens is 2. The molecule has 0 aromatic heterocycles. The van der Waals surface area contributed by atoms with Gasteiger partial charge in [-0.1, -0.05) is 62.2 Å². The summed E-state index contributed by atoms with van der Waals surface area (Å²) in [5.41, 5.74) is 2.79. The van der Waals surface area contributed by atoms with Gasteiger partial charge in [-0.3, -0.25) is 0 Å². The summed E-state index contributed by atoms with van der Waals surface area (Å²) in [5, 5.41) is 3.75. The lowest BCUT2D eigenvalue weighted by Gasteiger charge is -2.38. The van der Waals surface area contributed by atoms with Gasteiger partial charge in [0.05, 0.1) is 0 Å². The molecule has 21 heavy (non-hydrogen) atoms. The first-order valence-corrected chi connectivity index (χ1v) is 8.98. The Balaban J connectivity index is 1.56. The van der Waals surface area contributed by atoms with Crippen LogP contribution in [0.3, 0.4) is 0 Å². The van der Waals surface area contributed by atoms with E-state index in [1.807, 2.05) is 0 Å². The highest BCUT2D eigenvalue weighted by molar-refractivity contribution is 9.10. The van der Waals surface area contributed by atoms with E-state index in [4.69, 9.17) is 0 Å². The van der Waals surface area contributed by atoms with Crippen LogP contribution in [0.15, 0.2) is 57.5 Å². The van der Waals surface area contributed by atoms with E-state index in [1.165, 1.54) is 32.9 Å². The summed E-state index contributed by atoms with van der Waals surface area (Å²) in [6.07, 6.45) is 2.45. The molecule has 0 bridgehead atoms. The molecule has 0 amide bonds. The highest BCUT2D eigenvalue weighted by atomic mass is 79.9. The summed E-state index contributed by atoms with van der Waals surface area (Å²) in [6, 6.07) is 18.2. The summed E-state index contributed by atoms with van der Waals surface area (Å²) >= 11 is 7.19. The van der Waals surface area contributed by atoms with Crippen molar-refractivity contribution in [2.24, 2.45) is 0 Å². The molecule has 0 spiro atoms. The van der Waals surface area contributed by atoms with Gasteiger partial charge >= 0.3 is 0 Å². The largest absolute Gasteiger partial charge is 0.307 e. The third kappa shape index (κ3) is 3.58. The normalized spacial score (nSPS) is 22.6. The van der Waals surface area contributed by atoms with E-state index in [0.29, 0.717) is 18.0 Å². The van der Waals surface area contributed by atoms with Gasteiger partial charge in [-0.05, 0) is 55.0 Å². The zero-order valence-corrected chi connectivity index (χ0v) is 15.2. The fraction of sp³-hybridized carbons (Fsp3) is 0.333. The lowest BCUT2D eigenvalue weighted by Crippen LogP contribution is -2.41. The molecular formula is C18H19Br2N. The number of rotatable bonds is 4. The van der Waals surface area contributed by atoms with Crippen molar-refractivity contribution in [2.45, 2.75) is 37.8 Å². The minimum Gasteiger partial charge on any atom is -0.307 e. The monoisotopic (exact) mass is 407 g/mol. The van der Waals surface area contributed by atoms with Crippen LogP contribution in [-0.2, 0) is 0 Å². The van der Waals surface area contributed by atoms with Gasteiger partial charge in [0.25, 0.3) is 0 Å². The summed E-state index contributed by atoms with van der Waals surface area (Å²) in [4.78, 5) is 0. The molecule has 2 aromatic rings. The first-order chi connectivity index (χ1) is 10.1. The molecule has 1 aliphatic carbocycles. The van der Waals surface area contributed by atoms with Crippen molar-refractivity contribution in [3.05, 3.63) is 68.6 Å². The average molecular weight is 409 g/mol. The van der Waals surface area contributed by atoms with Crippen molar-refractivity contribution >= 4 is 31.9 Å². The highest BCUT2D eigenvalue weighted by Crippen LogP contribution is 2.39. The molecule has 3 heteroatoms.